The second kappa shape index (κ2) is 22.5. The Balaban J connectivity index is -0.000000295. The van der Waals surface area contributed by atoms with Crippen molar-refractivity contribution >= 4 is 0 Å². The smallest absolute Gasteiger partial charge is 0.395 e. The van der Waals surface area contributed by atoms with E-state index in [4.69, 9.17) is 30.6 Å². The van der Waals surface area contributed by atoms with Gasteiger partial charge in [0.15, 0.2) is 0 Å². The van der Waals surface area contributed by atoms with E-state index in [1.807, 2.05) is 0 Å². The van der Waals surface area contributed by atoms with Crippen LogP contribution in [0.5, 0.6) is 0 Å². The van der Waals surface area contributed by atoms with Gasteiger partial charge in [0.2, 0.25) is 0 Å². The Morgan fingerprint density at radius 2 is 0.524 bits per heavy atom. The Hall–Kier alpha value is 0.186. The summed E-state index contributed by atoms with van der Waals surface area (Å²) in [6, 6.07) is 0. The third-order valence-corrected chi connectivity index (χ3v) is 2.50. The molecule has 0 bridgehead atoms. The zero-order chi connectivity index (χ0) is 15.6. The summed E-state index contributed by atoms with van der Waals surface area (Å²) < 4.78 is 0. The first-order chi connectivity index (χ1) is 9.69. The summed E-state index contributed by atoms with van der Waals surface area (Å²) >= 11 is 0. The summed E-state index contributed by atoms with van der Waals surface area (Å²) in [4.78, 5) is 3.58. The van der Waals surface area contributed by atoms with Crippen molar-refractivity contribution in [2.45, 2.75) is 0 Å². The molecule has 0 aliphatic heterocycles. The molecule has 0 atom stereocenters. The molecule has 0 aromatic carbocycles. The maximum absolute atomic E-state index is 8.48. The third kappa shape index (κ3) is 20.2. The first-order valence-corrected chi connectivity index (χ1v) is 6.79. The minimum absolute atomic E-state index is 0. The zero-order valence-corrected chi connectivity index (χ0v) is 13.4. The molecule has 8 nitrogen and oxygen atoms in total. The molecule has 0 saturated heterocycles. The second-order valence-corrected chi connectivity index (χ2v) is 4.02. The van der Waals surface area contributed by atoms with Crippen molar-refractivity contribution in [1.29, 1.82) is 0 Å². The van der Waals surface area contributed by atoms with Gasteiger partial charge in [-0.15, -0.1) is 0 Å². The van der Waals surface area contributed by atoms with Gasteiger partial charge in [-0.1, -0.05) is 0 Å². The molecule has 0 saturated carbocycles. The van der Waals surface area contributed by atoms with E-state index in [2.05, 4.69) is 0 Å². The van der Waals surface area contributed by atoms with Crippen molar-refractivity contribution in [3.05, 3.63) is 0 Å². The van der Waals surface area contributed by atoms with Crippen molar-refractivity contribution in [2.75, 3.05) is 78.9 Å². The summed E-state index contributed by atoms with van der Waals surface area (Å²) in [5, 5.41) is 50.9. The zero-order valence-electron chi connectivity index (χ0n) is 12.4. The molecule has 6 N–H and O–H groups in total. The van der Waals surface area contributed by atoms with E-state index >= 15 is 0 Å². The Labute approximate surface area is 136 Å². The molecule has 0 unspecified atom stereocenters. The van der Waals surface area contributed by atoms with Crippen LogP contribution in [0.4, 0.5) is 0 Å². The van der Waals surface area contributed by atoms with Crippen LogP contribution in [-0.4, -0.2) is 119 Å². The van der Waals surface area contributed by atoms with Crippen LogP contribution >= 0.6 is 0 Å². The minimum Gasteiger partial charge on any atom is -0.395 e. The molecule has 131 valence electrons. The summed E-state index contributed by atoms with van der Waals surface area (Å²) in [5.74, 6) is 0. The molecule has 0 rings (SSSR count). The Morgan fingerprint density at radius 3 is 0.619 bits per heavy atom. The van der Waals surface area contributed by atoms with Crippen molar-refractivity contribution in [3.8, 4) is 0 Å². The number of rotatable bonds is 12. The number of hydrogen-bond donors (Lipinski definition) is 6. The molecule has 21 heavy (non-hydrogen) atoms. The summed E-state index contributed by atoms with van der Waals surface area (Å²) in [7, 11) is 0. The molecular weight excluding hydrogens is 327 g/mol. The molecule has 0 aliphatic rings. The Morgan fingerprint density at radius 1 is 0.381 bits per heavy atom. The van der Waals surface area contributed by atoms with Crippen molar-refractivity contribution in [3.63, 3.8) is 0 Å². The first-order valence-electron chi connectivity index (χ1n) is 6.79. The Bertz CT molecular complexity index is 135. The number of nitrogens with zero attached hydrogens (tertiary/aromatic N) is 2. The van der Waals surface area contributed by atoms with Gasteiger partial charge in [-0.2, -0.15) is 0 Å². The fraction of sp³-hybridized carbons (Fsp3) is 1.00. The van der Waals surface area contributed by atoms with Crippen LogP contribution in [0, 0.1) is 0 Å². The number of aliphatic hydroxyl groups excluding tert-OH is 6. The van der Waals surface area contributed by atoms with Gasteiger partial charge in [0.25, 0.3) is 0 Å². The van der Waals surface area contributed by atoms with Crippen LogP contribution in [-0.2, 0) is 16.8 Å². The standard InChI is InChI=1S/2C6H15NO3.Co/c2*8-4-1-7(2-5-9)3-6-10;/h2*8-10H,1-6H2;/q;;+2. The average Bonchev–Trinajstić information content (AvgIpc) is 2.41. The largest absolute Gasteiger partial charge is 2.00 e. The molecule has 0 aliphatic carbocycles. The summed E-state index contributed by atoms with van der Waals surface area (Å²) in [6.45, 7) is 3.51. The van der Waals surface area contributed by atoms with E-state index in [1.165, 1.54) is 0 Å². The van der Waals surface area contributed by atoms with Gasteiger partial charge in [-0.05, 0) is 0 Å². The summed E-state index contributed by atoms with van der Waals surface area (Å²) in [5.41, 5.74) is 0. The van der Waals surface area contributed by atoms with Gasteiger partial charge in [0.05, 0.1) is 39.6 Å². The number of hydrogen-bond acceptors (Lipinski definition) is 8. The van der Waals surface area contributed by atoms with Crippen molar-refractivity contribution < 1.29 is 47.4 Å². The molecule has 9 heteroatoms. The fourth-order valence-corrected chi connectivity index (χ4v) is 1.52. The monoisotopic (exact) mass is 357 g/mol. The van der Waals surface area contributed by atoms with Crippen molar-refractivity contribution in [1.82, 2.24) is 9.80 Å². The molecule has 0 amide bonds. The number of aliphatic hydroxyl groups is 6. The van der Waals surface area contributed by atoms with Gasteiger partial charge < -0.3 is 30.6 Å². The topological polar surface area (TPSA) is 128 Å². The van der Waals surface area contributed by atoms with Gasteiger partial charge in [-0.25, -0.2) is 0 Å². The fourth-order valence-electron chi connectivity index (χ4n) is 1.52. The maximum Gasteiger partial charge on any atom is 2.00 e. The van der Waals surface area contributed by atoms with Crippen LogP contribution < -0.4 is 0 Å². The maximum atomic E-state index is 8.48. The summed E-state index contributed by atoms with van der Waals surface area (Å²) in [6.07, 6.45) is 0. The molecule has 0 fully saturated rings. The molecule has 1 radical (unpaired) electrons. The molecule has 0 aromatic heterocycles. The van der Waals surface area contributed by atoms with Crippen LogP contribution in [0.1, 0.15) is 0 Å². The van der Waals surface area contributed by atoms with Crippen LogP contribution in [0.15, 0.2) is 0 Å². The normalized spacial score (nSPS) is 10.3. The molecule has 0 spiro atoms. The van der Waals surface area contributed by atoms with E-state index < -0.39 is 0 Å². The van der Waals surface area contributed by atoms with Gasteiger partial charge >= 0.3 is 16.8 Å². The molecule has 0 aromatic rings. The first kappa shape index (κ1) is 26.1. The minimum atomic E-state index is 0. The van der Waals surface area contributed by atoms with E-state index in [1.54, 1.807) is 9.80 Å². The second-order valence-electron chi connectivity index (χ2n) is 4.02. The average molecular weight is 357 g/mol. The van der Waals surface area contributed by atoms with E-state index in [0.717, 1.165) is 0 Å². The van der Waals surface area contributed by atoms with Gasteiger partial charge in [0.1, 0.15) is 0 Å². The van der Waals surface area contributed by atoms with Gasteiger partial charge in [0, 0.05) is 39.3 Å². The quantitative estimate of drug-likeness (QED) is 0.213. The van der Waals surface area contributed by atoms with E-state index in [9.17, 15) is 0 Å². The predicted molar refractivity (Wildman–Crippen MR) is 75.4 cm³/mol. The van der Waals surface area contributed by atoms with E-state index in [-0.39, 0.29) is 56.4 Å². The SMILES string of the molecule is OCCN(CCO)CCO.OCCN(CCO)CCO.[Co+2]. The molecule has 0 heterocycles. The molecular formula is C12H30CoN2O6+2. The van der Waals surface area contributed by atoms with Gasteiger partial charge in [-0.3, -0.25) is 9.80 Å². The van der Waals surface area contributed by atoms with Crippen molar-refractivity contribution in [2.24, 2.45) is 0 Å². The van der Waals surface area contributed by atoms with Crippen LogP contribution in [0.2, 0.25) is 0 Å². The van der Waals surface area contributed by atoms with E-state index in [0.29, 0.717) is 39.3 Å². The Kier molecular flexibility index (Phi) is 27.9. The van der Waals surface area contributed by atoms with Crippen LogP contribution in [0.3, 0.4) is 0 Å². The third-order valence-electron chi connectivity index (χ3n) is 2.50. The van der Waals surface area contributed by atoms with Crippen LogP contribution in [0.25, 0.3) is 0 Å². The predicted octanol–water partition coefficient (Wildman–Crippen LogP) is -3.47.